The first-order valence-corrected chi connectivity index (χ1v) is 9.13. The van der Waals surface area contributed by atoms with Crippen LogP contribution in [0.3, 0.4) is 0 Å². The van der Waals surface area contributed by atoms with Gasteiger partial charge in [-0.25, -0.2) is 0 Å². The highest BCUT2D eigenvalue weighted by molar-refractivity contribution is 6.16. The number of Topliss-reactive ketones (excluding diaryl/α,β-unsaturated/α-hetero) is 1. The molecule has 0 amide bonds. The molecule has 0 spiro atoms. The van der Waals surface area contributed by atoms with Crippen LogP contribution in [0.4, 0.5) is 0 Å². The number of allylic oxidation sites excluding steroid dienone is 2. The summed E-state index contributed by atoms with van der Waals surface area (Å²) in [6, 6.07) is 16.1. The van der Waals surface area contributed by atoms with E-state index in [4.69, 9.17) is 0 Å². The molecule has 0 radical (unpaired) electrons. The summed E-state index contributed by atoms with van der Waals surface area (Å²) in [6.45, 7) is 4.07. The van der Waals surface area contributed by atoms with E-state index in [1.807, 2.05) is 68.5 Å². The summed E-state index contributed by atoms with van der Waals surface area (Å²) >= 11 is 0. The first-order chi connectivity index (χ1) is 12.5. The second-order valence-corrected chi connectivity index (χ2v) is 7.04. The number of hydrogen-bond donors (Lipinski definition) is 0. The van der Waals surface area contributed by atoms with Crippen molar-refractivity contribution in [1.82, 2.24) is 0 Å². The third-order valence-corrected chi connectivity index (χ3v) is 4.85. The number of hydrogen-bond acceptors (Lipinski definition) is 2. The van der Waals surface area contributed by atoms with Crippen LogP contribution in [0.15, 0.2) is 60.2 Å². The maximum absolute atomic E-state index is 12.8. The molecule has 1 unspecified atom stereocenters. The smallest absolute Gasteiger partial charge is 0.169 e. The molecule has 3 rings (SSSR count). The topological polar surface area (TPSA) is 34.1 Å². The maximum atomic E-state index is 12.8. The quantitative estimate of drug-likeness (QED) is 0.554. The average molecular weight is 344 g/mol. The van der Waals surface area contributed by atoms with Gasteiger partial charge in [0, 0.05) is 0 Å². The van der Waals surface area contributed by atoms with E-state index in [1.165, 1.54) is 11.1 Å². The molecular formula is C24H24O2. The van der Waals surface area contributed by atoms with E-state index in [2.05, 4.69) is 0 Å². The van der Waals surface area contributed by atoms with Gasteiger partial charge in [-0.2, -0.15) is 0 Å². The van der Waals surface area contributed by atoms with Gasteiger partial charge in [0.1, 0.15) is 0 Å². The van der Waals surface area contributed by atoms with E-state index in [9.17, 15) is 9.59 Å². The molecule has 0 N–H and O–H groups in total. The lowest BCUT2D eigenvalue weighted by atomic mass is 9.81. The van der Waals surface area contributed by atoms with Crippen LogP contribution >= 0.6 is 0 Å². The molecule has 0 saturated heterocycles. The molecule has 1 aliphatic rings. The third kappa shape index (κ3) is 4.45. The van der Waals surface area contributed by atoms with Crippen molar-refractivity contribution in [2.45, 2.75) is 33.1 Å². The van der Waals surface area contributed by atoms with E-state index in [0.29, 0.717) is 6.42 Å². The summed E-state index contributed by atoms with van der Waals surface area (Å²) in [4.78, 5) is 25.3. The van der Waals surface area contributed by atoms with Gasteiger partial charge in [-0.1, -0.05) is 65.7 Å². The Morgan fingerprint density at radius 2 is 1.50 bits per heavy atom. The fraction of sp³-hybridized carbons (Fsp3) is 0.250. The monoisotopic (exact) mass is 344 g/mol. The Bertz CT molecular complexity index is 852. The van der Waals surface area contributed by atoms with Crippen molar-refractivity contribution >= 4 is 23.7 Å². The van der Waals surface area contributed by atoms with Crippen molar-refractivity contribution in [2.24, 2.45) is 5.92 Å². The SMILES string of the molecule is Cc1ccc(/C=C/C(=O)C2CCC/C(=C\c3ccc(C)cc3)C2=O)cc1. The molecule has 1 aliphatic carbocycles. The maximum Gasteiger partial charge on any atom is 0.169 e. The molecule has 1 saturated carbocycles. The molecule has 0 bridgehead atoms. The number of carbonyl (C=O) groups excluding carboxylic acids is 2. The summed E-state index contributed by atoms with van der Waals surface area (Å²) in [5, 5.41) is 0. The first-order valence-electron chi connectivity index (χ1n) is 9.13. The van der Waals surface area contributed by atoms with Crippen LogP contribution < -0.4 is 0 Å². The fourth-order valence-corrected chi connectivity index (χ4v) is 3.23. The second kappa shape index (κ2) is 8.09. The summed E-state index contributed by atoms with van der Waals surface area (Å²) in [6.07, 6.45) is 7.55. The number of aryl methyl sites for hydroxylation is 2. The fourth-order valence-electron chi connectivity index (χ4n) is 3.23. The van der Waals surface area contributed by atoms with Crippen LogP contribution in [-0.4, -0.2) is 11.6 Å². The van der Waals surface area contributed by atoms with Crippen molar-refractivity contribution in [3.8, 4) is 0 Å². The van der Waals surface area contributed by atoms with Gasteiger partial charge in [-0.15, -0.1) is 0 Å². The first kappa shape index (κ1) is 18.1. The minimum Gasteiger partial charge on any atom is -0.294 e. The summed E-state index contributed by atoms with van der Waals surface area (Å²) in [5.74, 6) is -0.650. The van der Waals surface area contributed by atoms with E-state index in [0.717, 1.165) is 29.5 Å². The van der Waals surface area contributed by atoms with E-state index >= 15 is 0 Å². The summed E-state index contributed by atoms with van der Waals surface area (Å²) in [5.41, 5.74) is 5.13. The highest BCUT2D eigenvalue weighted by Crippen LogP contribution is 2.28. The minimum absolute atomic E-state index is 0.0182. The highest BCUT2D eigenvalue weighted by Gasteiger charge is 2.30. The molecule has 1 fully saturated rings. The van der Waals surface area contributed by atoms with Crippen molar-refractivity contribution < 1.29 is 9.59 Å². The molecule has 2 heteroatoms. The van der Waals surface area contributed by atoms with Gasteiger partial charge in [0.15, 0.2) is 11.6 Å². The Kier molecular flexibility index (Phi) is 5.62. The van der Waals surface area contributed by atoms with Crippen LogP contribution in [0.25, 0.3) is 12.2 Å². The third-order valence-electron chi connectivity index (χ3n) is 4.85. The molecule has 0 aliphatic heterocycles. The minimum atomic E-state index is -0.540. The van der Waals surface area contributed by atoms with Crippen molar-refractivity contribution in [3.63, 3.8) is 0 Å². The number of benzene rings is 2. The van der Waals surface area contributed by atoms with Crippen LogP contribution in [0.2, 0.25) is 0 Å². The normalized spacial score (nSPS) is 19.2. The Morgan fingerprint density at radius 1 is 0.923 bits per heavy atom. The van der Waals surface area contributed by atoms with Crippen molar-refractivity contribution in [3.05, 3.63) is 82.4 Å². The summed E-state index contributed by atoms with van der Waals surface area (Å²) in [7, 11) is 0. The molecule has 2 aromatic carbocycles. The van der Waals surface area contributed by atoms with E-state index in [1.54, 1.807) is 12.2 Å². The van der Waals surface area contributed by atoms with Gasteiger partial charge in [0.05, 0.1) is 5.92 Å². The van der Waals surface area contributed by atoms with Gasteiger partial charge >= 0.3 is 0 Å². The zero-order chi connectivity index (χ0) is 18.5. The second-order valence-electron chi connectivity index (χ2n) is 7.04. The average Bonchev–Trinajstić information content (AvgIpc) is 2.64. The largest absolute Gasteiger partial charge is 0.294 e. The molecule has 2 aromatic rings. The van der Waals surface area contributed by atoms with Gasteiger partial charge in [-0.05, 0) is 62.0 Å². The van der Waals surface area contributed by atoms with Crippen molar-refractivity contribution in [2.75, 3.05) is 0 Å². The molecule has 2 nitrogen and oxygen atoms in total. The van der Waals surface area contributed by atoms with Crippen molar-refractivity contribution in [1.29, 1.82) is 0 Å². The number of ketones is 2. The lowest BCUT2D eigenvalue weighted by Gasteiger charge is -2.21. The lowest BCUT2D eigenvalue weighted by molar-refractivity contribution is -0.129. The predicted octanol–water partition coefficient (Wildman–Crippen LogP) is 5.34. The van der Waals surface area contributed by atoms with E-state index < -0.39 is 5.92 Å². The van der Waals surface area contributed by atoms with Crippen LogP contribution in [0, 0.1) is 19.8 Å². The zero-order valence-electron chi connectivity index (χ0n) is 15.4. The van der Waals surface area contributed by atoms with Crippen LogP contribution in [-0.2, 0) is 9.59 Å². The zero-order valence-corrected chi connectivity index (χ0v) is 15.4. The molecular weight excluding hydrogens is 320 g/mol. The lowest BCUT2D eigenvalue weighted by Crippen LogP contribution is -2.27. The standard InChI is InChI=1S/C24H24O2/c1-17-6-10-19(11-7-17)14-15-23(25)22-5-3-4-21(24(22)26)16-20-12-8-18(2)9-13-20/h6-16,22H,3-5H2,1-2H3/b15-14+,21-16+. The highest BCUT2D eigenvalue weighted by atomic mass is 16.1. The molecule has 0 aromatic heterocycles. The van der Waals surface area contributed by atoms with E-state index in [-0.39, 0.29) is 11.6 Å². The Labute approximate surface area is 155 Å². The van der Waals surface area contributed by atoms with Gasteiger partial charge in [0.2, 0.25) is 0 Å². The summed E-state index contributed by atoms with van der Waals surface area (Å²) < 4.78 is 0. The molecule has 132 valence electrons. The molecule has 0 heterocycles. The molecule has 1 atom stereocenters. The Hall–Kier alpha value is -2.74. The predicted molar refractivity (Wildman–Crippen MR) is 107 cm³/mol. The van der Waals surface area contributed by atoms with Gasteiger partial charge in [0.25, 0.3) is 0 Å². The van der Waals surface area contributed by atoms with Gasteiger partial charge < -0.3 is 0 Å². The van der Waals surface area contributed by atoms with Gasteiger partial charge in [-0.3, -0.25) is 9.59 Å². The van der Waals surface area contributed by atoms with Crippen LogP contribution in [0.1, 0.15) is 41.5 Å². The number of rotatable bonds is 4. The molecule has 26 heavy (non-hydrogen) atoms. The number of carbonyl (C=O) groups is 2. The Balaban J connectivity index is 1.73. The van der Waals surface area contributed by atoms with Crippen LogP contribution in [0.5, 0.6) is 0 Å². The Morgan fingerprint density at radius 3 is 2.12 bits per heavy atom.